The quantitative estimate of drug-likeness (QED) is 0.356. The van der Waals surface area contributed by atoms with Gasteiger partial charge in [0.15, 0.2) is 0 Å². The van der Waals surface area contributed by atoms with Crippen LogP contribution >= 0.6 is 0 Å². The molecule has 0 N–H and O–H groups in total. The van der Waals surface area contributed by atoms with Gasteiger partial charge in [0, 0.05) is 0 Å². The molecule has 0 spiro atoms. The lowest BCUT2D eigenvalue weighted by molar-refractivity contribution is 0.850. The van der Waals surface area contributed by atoms with Crippen LogP contribution in [0.1, 0.15) is 27.7 Å². The molecule has 0 bridgehead atoms. The Kier molecular flexibility index (Phi) is 2.33. The van der Waals surface area contributed by atoms with Crippen molar-refractivity contribution in [2.24, 2.45) is 0 Å². The maximum Gasteiger partial charge on any atom is 0.113 e. The topological polar surface area (TPSA) is 0 Å². The third kappa shape index (κ3) is 5.80. The summed E-state index contributed by atoms with van der Waals surface area (Å²) < 4.78 is 0. The van der Waals surface area contributed by atoms with Gasteiger partial charge in [-0.2, -0.15) is 0 Å². The summed E-state index contributed by atoms with van der Waals surface area (Å²) in [5, 5.41) is 0.360. The lowest BCUT2D eigenvalue weighted by Gasteiger charge is -2.11. The van der Waals surface area contributed by atoms with Crippen LogP contribution in [0.3, 0.4) is 0 Å². The Morgan fingerprint density at radius 1 is 1.38 bits per heavy atom. The van der Waals surface area contributed by atoms with Crippen molar-refractivity contribution < 1.29 is 0 Å². The Morgan fingerprint density at radius 2 is 1.75 bits per heavy atom. The number of hydrogen-bond donors (Lipinski definition) is 0. The fraction of sp³-hybridized carbons (Fsp3) is 0.714. The molecule has 0 aliphatic carbocycles. The first-order valence-corrected chi connectivity index (χ1v) is 3.08. The molecule has 0 aromatic heterocycles. The van der Waals surface area contributed by atoms with E-state index in [0.717, 1.165) is 0 Å². The number of allylic oxidation sites excluding steroid dienone is 2. The van der Waals surface area contributed by atoms with E-state index in [1.807, 2.05) is 0 Å². The smallest absolute Gasteiger partial charge is 0.0883 e. The van der Waals surface area contributed by atoms with Crippen LogP contribution in [0.4, 0.5) is 0 Å². The highest BCUT2D eigenvalue weighted by molar-refractivity contribution is 6.16. The standard InChI is InChI=1S/C7H15B/c1-6(2)5-7(3,4)8/h5H,8H2,1-4H3. The third-order valence-electron chi connectivity index (χ3n) is 0.722. The SMILES string of the molecule is BC(C)(C)C=C(C)C. The summed E-state index contributed by atoms with van der Waals surface area (Å²) in [4.78, 5) is 0. The molecule has 0 aromatic carbocycles. The molecule has 0 fully saturated rings. The first kappa shape index (κ1) is 7.80. The zero-order valence-corrected chi connectivity index (χ0v) is 6.58. The largest absolute Gasteiger partial charge is 0.113 e. The van der Waals surface area contributed by atoms with Gasteiger partial charge >= 0.3 is 0 Å². The van der Waals surface area contributed by atoms with Crippen LogP contribution in [-0.4, -0.2) is 7.85 Å². The summed E-state index contributed by atoms with van der Waals surface area (Å²) in [5.74, 6) is 0. The zero-order chi connectivity index (χ0) is 6.78. The highest BCUT2D eigenvalue weighted by Gasteiger charge is 2.03. The summed E-state index contributed by atoms with van der Waals surface area (Å²) in [7, 11) is 2.21. The van der Waals surface area contributed by atoms with Crippen LogP contribution in [0.15, 0.2) is 11.6 Å². The molecule has 0 heterocycles. The summed E-state index contributed by atoms with van der Waals surface area (Å²) in [6.45, 7) is 8.68. The lowest BCUT2D eigenvalue weighted by atomic mass is 9.72. The number of hydrogen-bond acceptors (Lipinski definition) is 0. The van der Waals surface area contributed by atoms with E-state index in [4.69, 9.17) is 0 Å². The van der Waals surface area contributed by atoms with Gasteiger partial charge in [-0.25, -0.2) is 0 Å². The predicted molar refractivity (Wildman–Crippen MR) is 42.0 cm³/mol. The van der Waals surface area contributed by atoms with Gasteiger partial charge in [-0.05, 0) is 19.2 Å². The molecular formula is C7H15B. The molecular weight excluding hydrogens is 94.9 g/mol. The Balaban J connectivity index is 3.89. The molecule has 0 aliphatic rings. The Hall–Kier alpha value is -0.195. The highest BCUT2D eigenvalue weighted by atomic mass is 14.0. The molecule has 8 heavy (non-hydrogen) atoms. The molecule has 0 aliphatic heterocycles. The number of rotatable bonds is 1. The van der Waals surface area contributed by atoms with E-state index in [1.165, 1.54) is 5.57 Å². The molecule has 0 nitrogen and oxygen atoms in total. The normalized spacial score (nSPS) is 11.0. The van der Waals surface area contributed by atoms with Gasteiger partial charge in [-0.15, -0.1) is 0 Å². The minimum absolute atomic E-state index is 0.360. The van der Waals surface area contributed by atoms with Gasteiger partial charge in [0.2, 0.25) is 0 Å². The van der Waals surface area contributed by atoms with E-state index in [1.54, 1.807) is 0 Å². The second-order valence-electron chi connectivity index (χ2n) is 3.59. The molecule has 0 aromatic rings. The van der Waals surface area contributed by atoms with E-state index in [9.17, 15) is 0 Å². The van der Waals surface area contributed by atoms with Gasteiger partial charge in [0.05, 0.1) is 0 Å². The monoisotopic (exact) mass is 110 g/mol. The van der Waals surface area contributed by atoms with Crippen molar-refractivity contribution in [2.75, 3.05) is 0 Å². The van der Waals surface area contributed by atoms with Gasteiger partial charge in [-0.3, -0.25) is 0 Å². The summed E-state index contributed by atoms with van der Waals surface area (Å²) >= 11 is 0. The predicted octanol–water partition coefficient (Wildman–Crippen LogP) is 1.78. The molecule has 0 amide bonds. The van der Waals surface area contributed by atoms with Crippen molar-refractivity contribution in [1.29, 1.82) is 0 Å². The second kappa shape index (κ2) is 2.39. The molecule has 0 radical (unpaired) electrons. The van der Waals surface area contributed by atoms with Crippen molar-refractivity contribution in [2.45, 2.75) is 33.0 Å². The maximum absolute atomic E-state index is 2.27. The summed E-state index contributed by atoms with van der Waals surface area (Å²) in [6.07, 6.45) is 2.27. The average molecular weight is 110 g/mol. The highest BCUT2D eigenvalue weighted by Crippen LogP contribution is 2.21. The zero-order valence-electron chi connectivity index (χ0n) is 6.58. The second-order valence-corrected chi connectivity index (χ2v) is 3.59. The first-order chi connectivity index (χ1) is 3.42. The molecule has 0 unspecified atom stereocenters. The van der Waals surface area contributed by atoms with Gasteiger partial charge in [0.25, 0.3) is 0 Å². The van der Waals surface area contributed by atoms with Crippen molar-refractivity contribution in [3.05, 3.63) is 11.6 Å². The Labute approximate surface area is 53.4 Å². The summed E-state index contributed by atoms with van der Waals surface area (Å²) in [6, 6.07) is 0. The Morgan fingerprint density at radius 3 is 1.75 bits per heavy atom. The van der Waals surface area contributed by atoms with Crippen LogP contribution in [0.5, 0.6) is 0 Å². The molecule has 0 atom stereocenters. The van der Waals surface area contributed by atoms with Crippen molar-refractivity contribution in [3.63, 3.8) is 0 Å². The van der Waals surface area contributed by atoms with Crippen molar-refractivity contribution in [3.8, 4) is 0 Å². The third-order valence-corrected chi connectivity index (χ3v) is 0.722. The molecule has 0 saturated carbocycles. The molecule has 0 saturated heterocycles. The molecule has 46 valence electrons. The van der Waals surface area contributed by atoms with Gasteiger partial charge < -0.3 is 0 Å². The van der Waals surface area contributed by atoms with E-state index in [0.29, 0.717) is 5.31 Å². The Bertz CT molecular complexity index is 91.4. The fourth-order valence-corrected chi connectivity index (χ4v) is 0.866. The summed E-state index contributed by atoms with van der Waals surface area (Å²) in [5.41, 5.74) is 1.40. The van der Waals surface area contributed by atoms with Crippen LogP contribution < -0.4 is 0 Å². The fourth-order valence-electron chi connectivity index (χ4n) is 0.866. The minimum atomic E-state index is 0.360. The minimum Gasteiger partial charge on any atom is -0.0883 e. The average Bonchev–Trinajstić information content (AvgIpc) is 1.21. The first-order valence-electron chi connectivity index (χ1n) is 3.08. The van der Waals surface area contributed by atoms with Crippen molar-refractivity contribution >= 4 is 7.85 Å². The van der Waals surface area contributed by atoms with Crippen LogP contribution in [0.2, 0.25) is 5.31 Å². The maximum atomic E-state index is 2.27. The molecule has 1 heteroatoms. The van der Waals surface area contributed by atoms with Crippen LogP contribution in [0.25, 0.3) is 0 Å². The molecule has 0 rings (SSSR count). The van der Waals surface area contributed by atoms with E-state index in [2.05, 4.69) is 41.6 Å². The van der Waals surface area contributed by atoms with Gasteiger partial charge in [0.1, 0.15) is 7.85 Å². The van der Waals surface area contributed by atoms with E-state index in [-0.39, 0.29) is 0 Å². The van der Waals surface area contributed by atoms with Crippen LogP contribution in [-0.2, 0) is 0 Å². The lowest BCUT2D eigenvalue weighted by Crippen LogP contribution is -1.96. The van der Waals surface area contributed by atoms with Gasteiger partial charge in [-0.1, -0.05) is 25.5 Å². The van der Waals surface area contributed by atoms with Crippen LogP contribution in [0, 0.1) is 0 Å². The van der Waals surface area contributed by atoms with Crippen molar-refractivity contribution in [1.82, 2.24) is 0 Å². The van der Waals surface area contributed by atoms with E-state index >= 15 is 0 Å². The van der Waals surface area contributed by atoms with E-state index < -0.39 is 0 Å².